The molecule has 180 valence electrons. The minimum atomic E-state index is -1.28. The zero-order valence-electron chi connectivity index (χ0n) is 19.3. The molecule has 1 atom stereocenters. The lowest BCUT2D eigenvalue weighted by Crippen LogP contribution is -2.12. The second-order valence-corrected chi connectivity index (χ2v) is 8.39. The first-order valence-electron chi connectivity index (χ1n) is 11.4. The third-order valence-corrected chi connectivity index (χ3v) is 5.96. The highest BCUT2D eigenvalue weighted by atomic mass is 19.2. The molecule has 1 saturated heterocycles. The third-order valence-electron chi connectivity index (χ3n) is 5.96. The first-order chi connectivity index (χ1) is 17.4. The summed E-state index contributed by atoms with van der Waals surface area (Å²) >= 11 is 0. The Balaban J connectivity index is 1.32. The van der Waals surface area contributed by atoms with Crippen LogP contribution in [-0.2, 0) is 4.74 Å². The van der Waals surface area contributed by atoms with Gasteiger partial charge in [-0.2, -0.15) is 0 Å². The maximum atomic E-state index is 14.8. The Morgan fingerprint density at radius 2 is 1.50 bits per heavy atom. The molecule has 36 heavy (non-hydrogen) atoms. The number of rotatable bonds is 6. The molecule has 0 N–H and O–H groups in total. The van der Waals surface area contributed by atoms with Gasteiger partial charge in [0.2, 0.25) is 0 Å². The van der Waals surface area contributed by atoms with Crippen molar-refractivity contribution in [3.05, 3.63) is 119 Å². The quantitative estimate of drug-likeness (QED) is 0.159. The van der Waals surface area contributed by atoms with Crippen LogP contribution < -0.4 is 4.74 Å². The third kappa shape index (κ3) is 4.81. The van der Waals surface area contributed by atoms with Crippen molar-refractivity contribution in [2.24, 2.45) is 0 Å². The summed E-state index contributed by atoms with van der Waals surface area (Å²) in [6.45, 7) is 2.48. The number of hydrogen-bond acceptors (Lipinski definition) is 3. The van der Waals surface area contributed by atoms with Crippen molar-refractivity contribution in [3.63, 3.8) is 0 Å². The monoisotopic (exact) mass is 486 g/mol. The van der Waals surface area contributed by atoms with E-state index in [-0.39, 0.29) is 23.2 Å². The summed E-state index contributed by atoms with van der Waals surface area (Å²) in [4.78, 5) is 12.6. The van der Waals surface area contributed by atoms with Crippen LogP contribution in [0.4, 0.5) is 13.2 Å². The lowest BCUT2D eigenvalue weighted by atomic mass is 10.0. The lowest BCUT2D eigenvalue weighted by Gasteiger charge is -2.10. The number of benzene rings is 4. The molecule has 0 aromatic heterocycles. The summed E-state index contributed by atoms with van der Waals surface area (Å²) in [5, 5.41) is 0. The molecular formula is C30H21F3O3. The molecule has 0 radical (unpaired) electrons. The van der Waals surface area contributed by atoms with Crippen LogP contribution in [0, 0.1) is 17.5 Å². The molecule has 3 nitrogen and oxygen atoms in total. The SMILES string of the molecule is C/C=C/c1ccc(-c2ccc(C(=O)Oc3ccc(-c4ccc(C5CO5)cc4F)cc3)c(F)c2F)cc1. The number of esters is 1. The van der Waals surface area contributed by atoms with Gasteiger partial charge in [-0.1, -0.05) is 66.7 Å². The minimum absolute atomic E-state index is 0.0431. The second kappa shape index (κ2) is 9.84. The molecule has 0 spiro atoms. The van der Waals surface area contributed by atoms with Crippen molar-refractivity contribution < 1.29 is 27.4 Å². The molecule has 1 aliphatic heterocycles. The number of carbonyl (C=O) groups excluding carboxylic acids is 1. The Labute approximate surface area is 206 Å². The van der Waals surface area contributed by atoms with E-state index in [1.165, 1.54) is 30.3 Å². The number of allylic oxidation sites excluding steroid dienone is 1. The Kier molecular flexibility index (Phi) is 6.44. The Hall–Kier alpha value is -4.16. The van der Waals surface area contributed by atoms with E-state index in [9.17, 15) is 18.0 Å². The zero-order chi connectivity index (χ0) is 25.2. The highest BCUT2D eigenvalue weighted by molar-refractivity contribution is 5.92. The van der Waals surface area contributed by atoms with E-state index in [1.54, 1.807) is 42.5 Å². The predicted octanol–water partition coefficient (Wildman–Crippen LogP) is 7.76. The zero-order valence-corrected chi connectivity index (χ0v) is 19.3. The minimum Gasteiger partial charge on any atom is -0.423 e. The van der Waals surface area contributed by atoms with Gasteiger partial charge in [-0.25, -0.2) is 18.0 Å². The van der Waals surface area contributed by atoms with Gasteiger partial charge in [-0.15, -0.1) is 0 Å². The summed E-state index contributed by atoms with van der Waals surface area (Å²) in [6.07, 6.45) is 3.73. The van der Waals surface area contributed by atoms with Crippen LogP contribution in [0.5, 0.6) is 5.75 Å². The molecule has 5 rings (SSSR count). The lowest BCUT2D eigenvalue weighted by molar-refractivity contribution is 0.0728. The number of epoxide rings is 1. The van der Waals surface area contributed by atoms with E-state index in [4.69, 9.17) is 9.47 Å². The van der Waals surface area contributed by atoms with Crippen molar-refractivity contribution >= 4 is 12.0 Å². The molecule has 4 aromatic carbocycles. The topological polar surface area (TPSA) is 38.8 Å². The summed E-state index contributed by atoms with van der Waals surface area (Å²) in [5.41, 5.74) is 2.70. The highest BCUT2D eigenvalue weighted by Gasteiger charge is 2.25. The second-order valence-electron chi connectivity index (χ2n) is 8.39. The fraction of sp³-hybridized carbons (Fsp3) is 0.100. The van der Waals surface area contributed by atoms with E-state index < -0.39 is 23.2 Å². The van der Waals surface area contributed by atoms with Crippen LogP contribution in [0.2, 0.25) is 0 Å². The Bertz CT molecular complexity index is 1450. The predicted molar refractivity (Wildman–Crippen MR) is 132 cm³/mol. The first kappa shape index (κ1) is 23.6. The van der Waals surface area contributed by atoms with E-state index in [2.05, 4.69) is 0 Å². The molecular weight excluding hydrogens is 465 g/mol. The van der Waals surface area contributed by atoms with Crippen molar-refractivity contribution in [3.8, 4) is 28.0 Å². The van der Waals surface area contributed by atoms with Crippen LogP contribution in [0.15, 0.2) is 84.9 Å². The van der Waals surface area contributed by atoms with Crippen LogP contribution >= 0.6 is 0 Å². The fourth-order valence-corrected chi connectivity index (χ4v) is 3.97. The van der Waals surface area contributed by atoms with E-state index in [1.807, 2.05) is 25.1 Å². The van der Waals surface area contributed by atoms with E-state index in [0.29, 0.717) is 23.3 Å². The van der Waals surface area contributed by atoms with Crippen LogP contribution in [-0.4, -0.2) is 12.6 Å². The van der Waals surface area contributed by atoms with Crippen molar-refractivity contribution in [1.29, 1.82) is 0 Å². The average Bonchev–Trinajstić information content (AvgIpc) is 3.73. The smallest absolute Gasteiger partial charge is 0.346 e. The van der Waals surface area contributed by atoms with Gasteiger partial charge in [0.25, 0.3) is 0 Å². The Morgan fingerprint density at radius 1 is 0.861 bits per heavy atom. The van der Waals surface area contributed by atoms with Gasteiger partial charge >= 0.3 is 5.97 Å². The molecule has 1 unspecified atom stereocenters. The summed E-state index contributed by atoms with van der Waals surface area (Å²) in [5.74, 6) is -3.71. The molecule has 0 saturated carbocycles. The molecule has 0 amide bonds. The molecule has 0 bridgehead atoms. The molecule has 1 heterocycles. The van der Waals surface area contributed by atoms with Gasteiger partial charge in [-0.3, -0.25) is 0 Å². The number of carbonyl (C=O) groups is 1. The van der Waals surface area contributed by atoms with E-state index in [0.717, 1.165) is 11.1 Å². The van der Waals surface area contributed by atoms with Crippen molar-refractivity contribution in [1.82, 2.24) is 0 Å². The summed E-state index contributed by atoms with van der Waals surface area (Å²) < 4.78 is 54.5. The number of halogens is 3. The molecule has 1 aliphatic rings. The van der Waals surface area contributed by atoms with Gasteiger partial charge in [-0.05, 0) is 53.4 Å². The molecule has 0 aliphatic carbocycles. The Morgan fingerprint density at radius 3 is 2.14 bits per heavy atom. The summed E-state index contributed by atoms with van der Waals surface area (Å²) in [6, 6.07) is 20.5. The van der Waals surface area contributed by atoms with Crippen LogP contribution in [0.1, 0.15) is 34.5 Å². The maximum Gasteiger partial charge on any atom is 0.346 e. The number of ether oxygens (including phenoxy) is 2. The van der Waals surface area contributed by atoms with E-state index >= 15 is 0 Å². The van der Waals surface area contributed by atoms with Gasteiger partial charge in [0, 0.05) is 11.1 Å². The van der Waals surface area contributed by atoms with Crippen LogP contribution in [0.3, 0.4) is 0 Å². The molecule has 6 heteroatoms. The van der Waals surface area contributed by atoms with Gasteiger partial charge in [0.15, 0.2) is 11.6 Å². The fourth-order valence-electron chi connectivity index (χ4n) is 3.97. The van der Waals surface area contributed by atoms with Gasteiger partial charge in [0.1, 0.15) is 17.7 Å². The van der Waals surface area contributed by atoms with Crippen LogP contribution in [0.25, 0.3) is 28.3 Å². The highest BCUT2D eigenvalue weighted by Crippen LogP contribution is 2.33. The van der Waals surface area contributed by atoms with Crippen molar-refractivity contribution in [2.75, 3.05) is 6.61 Å². The van der Waals surface area contributed by atoms with Gasteiger partial charge in [0.05, 0.1) is 12.2 Å². The first-order valence-corrected chi connectivity index (χ1v) is 11.4. The summed E-state index contributed by atoms with van der Waals surface area (Å²) in [7, 11) is 0. The van der Waals surface area contributed by atoms with Crippen molar-refractivity contribution in [2.45, 2.75) is 13.0 Å². The normalized spacial score (nSPS) is 14.7. The largest absolute Gasteiger partial charge is 0.423 e. The molecule has 4 aromatic rings. The molecule has 1 fully saturated rings. The standard InChI is InChI=1S/C30H21F3O3/c1-2-3-18-4-6-20(7-5-18)24-14-15-25(29(33)28(24)32)30(34)36-22-11-8-19(9-12-22)23-13-10-21(16-26(23)31)27-17-35-27/h2-16,27H,17H2,1H3/b3-2+. The maximum absolute atomic E-state index is 14.8. The number of hydrogen-bond donors (Lipinski definition) is 0. The van der Waals surface area contributed by atoms with Gasteiger partial charge < -0.3 is 9.47 Å². The average molecular weight is 486 g/mol.